The summed E-state index contributed by atoms with van der Waals surface area (Å²) in [6.45, 7) is 2.50. The second kappa shape index (κ2) is 10.1. The number of hydrogen-bond donors (Lipinski definition) is 1. The van der Waals surface area contributed by atoms with Crippen LogP contribution in [0.5, 0.6) is 0 Å². The van der Waals surface area contributed by atoms with Crippen LogP contribution in [0.1, 0.15) is 36.7 Å². The first-order chi connectivity index (χ1) is 17.3. The Morgan fingerprint density at radius 3 is 2.54 bits per heavy atom. The van der Waals surface area contributed by atoms with Gasteiger partial charge in [-0.25, -0.2) is 4.39 Å². The number of benzene rings is 2. The van der Waals surface area contributed by atoms with Crippen molar-refractivity contribution in [2.45, 2.75) is 44.7 Å². The molecule has 1 fully saturated rings. The van der Waals surface area contributed by atoms with Crippen molar-refractivity contribution in [3.8, 4) is 11.5 Å². The maximum atomic E-state index is 13.5. The van der Waals surface area contributed by atoms with E-state index < -0.39 is 35.2 Å². The molecule has 1 N–H and O–H groups in total. The number of nitrogens with one attached hydrogen (secondary N) is 1. The molecule has 3 aromatic rings. The molecule has 1 aliphatic heterocycles. The van der Waals surface area contributed by atoms with Gasteiger partial charge >= 0.3 is 12.4 Å². The molecule has 2 aromatic carbocycles. The molecule has 13 heteroatoms. The third kappa shape index (κ3) is 6.27. The van der Waals surface area contributed by atoms with Gasteiger partial charge in [-0.05, 0) is 62.7 Å². The Kier molecular flexibility index (Phi) is 7.27. The predicted molar refractivity (Wildman–Crippen MR) is 117 cm³/mol. The van der Waals surface area contributed by atoms with Gasteiger partial charge in [0.25, 0.3) is 5.89 Å². The molecule has 198 valence electrons. The zero-order chi connectivity index (χ0) is 27.0. The third-order valence-corrected chi connectivity index (χ3v) is 6.17. The van der Waals surface area contributed by atoms with Crippen LogP contribution in [0, 0.1) is 11.7 Å². The normalized spacial score (nSPS) is 19.1. The number of halogens is 7. The van der Waals surface area contributed by atoms with Crippen molar-refractivity contribution < 1.29 is 40.1 Å². The van der Waals surface area contributed by atoms with Crippen LogP contribution in [-0.4, -0.2) is 33.5 Å². The number of aromatic nitrogens is 2. The summed E-state index contributed by atoms with van der Waals surface area (Å²) in [5.41, 5.74) is -2.32. The smallest absolute Gasteiger partial charge is 0.334 e. The minimum Gasteiger partial charge on any atom is -0.334 e. The number of likely N-dealkylation sites (tertiary alicyclic amines) is 1. The molecule has 1 aromatic heterocycles. The van der Waals surface area contributed by atoms with Crippen LogP contribution < -0.4 is 5.32 Å². The molecule has 0 bridgehead atoms. The van der Waals surface area contributed by atoms with Crippen molar-refractivity contribution in [1.29, 1.82) is 0 Å². The number of nitrogens with zero attached hydrogens (tertiary/aromatic N) is 3. The van der Waals surface area contributed by atoms with Crippen molar-refractivity contribution in [2.75, 3.05) is 11.9 Å². The molecule has 6 nitrogen and oxygen atoms in total. The molecule has 1 saturated heterocycles. The fraction of sp³-hybridized carbons (Fsp3) is 0.375. The Morgan fingerprint density at radius 2 is 1.86 bits per heavy atom. The molecule has 4 rings (SSSR count). The molecule has 0 spiro atoms. The molecule has 1 amide bonds. The molecule has 37 heavy (non-hydrogen) atoms. The molecule has 0 unspecified atom stereocenters. The number of amides is 1. The van der Waals surface area contributed by atoms with E-state index in [4.69, 9.17) is 4.52 Å². The van der Waals surface area contributed by atoms with Crippen molar-refractivity contribution in [3.63, 3.8) is 0 Å². The van der Waals surface area contributed by atoms with Crippen LogP contribution >= 0.6 is 0 Å². The Morgan fingerprint density at radius 1 is 1.11 bits per heavy atom. The second-order valence-electron chi connectivity index (χ2n) is 8.82. The Balaban J connectivity index is 1.37. The minimum atomic E-state index is -4.88. The summed E-state index contributed by atoms with van der Waals surface area (Å²) in [7, 11) is 0. The molecule has 0 aliphatic carbocycles. The highest BCUT2D eigenvalue weighted by atomic mass is 19.4. The molecule has 1 aliphatic rings. The minimum absolute atomic E-state index is 0.0590. The molecule has 2 heterocycles. The fourth-order valence-electron chi connectivity index (χ4n) is 4.20. The van der Waals surface area contributed by atoms with Crippen molar-refractivity contribution in [1.82, 2.24) is 15.0 Å². The average Bonchev–Trinajstić information content (AvgIpc) is 3.28. The van der Waals surface area contributed by atoms with E-state index in [0.29, 0.717) is 31.5 Å². The second-order valence-corrected chi connectivity index (χ2v) is 8.82. The van der Waals surface area contributed by atoms with Crippen molar-refractivity contribution in [3.05, 3.63) is 65.2 Å². The van der Waals surface area contributed by atoms with Gasteiger partial charge in [0.2, 0.25) is 5.91 Å². The average molecular weight is 530 g/mol. The lowest BCUT2D eigenvalue weighted by molar-refractivity contribution is -0.140. The van der Waals surface area contributed by atoms with E-state index in [2.05, 4.69) is 15.5 Å². The number of rotatable bonds is 5. The van der Waals surface area contributed by atoms with E-state index in [9.17, 15) is 35.5 Å². The van der Waals surface area contributed by atoms with Crippen molar-refractivity contribution >= 4 is 11.6 Å². The van der Waals surface area contributed by atoms with Crippen LogP contribution in [0.15, 0.2) is 47.0 Å². The standard InChI is InChI=1S/C24H21F7N4O2/c1-13-9-14(21(36)32-17-4-2-3-16(11-17)23(26,27)28)7-8-35(13)12-20-33-22(37-34-20)15-5-6-19(25)18(10-15)24(29,30)31/h2-6,10-11,13-14H,7-9,12H2,1H3,(H,32,36)/t13-,14-/m0/s1. The van der Waals surface area contributed by atoms with Gasteiger partial charge in [0.15, 0.2) is 5.82 Å². The van der Waals surface area contributed by atoms with E-state index in [1.165, 1.54) is 12.1 Å². The lowest BCUT2D eigenvalue weighted by Crippen LogP contribution is -2.43. The van der Waals surface area contributed by atoms with Gasteiger partial charge in [-0.15, -0.1) is 0 Å². The summed E-state index contributed by atoms with van der Waals surface area (Å²) in [5, 5.41) is 6.35. The van der Waals surface area contributed by atoms with E-state index in [1.807, 2.05) is 11.8 Å². The van der Waals surface area contributed by atoms with Crippen molar-refractivity contribution in [2.24, 2.45) is 5.92 Å². The number of hydrogen-bond acceptors (Lipinski definition) is 5. The Labute approximate surface area is 206 Å². The highest BCUT2D eigenvalue weighted by Crippen LogP contribution is 2.34. The summed E-state index contributed by atoms with van der Waals surface area (Å²) in [6, 6.07) is 6.67. The SMILES string of the molecule is C[C@H]1C[C@@H](C(=O)Nc2cccc(C(F)(F)F)c2)CCN1Cc1noc(-c2ccc(F)c(C(F)(F)F)c2)n1. The summed E-state index contributed by atoms with van der Waals surface area (Å²) in [6.07, 6.45) is -8.56. The van der Waals surface area contributed by atoms with Gasteiger partial charge < -0.3 is 9.84 Å². The van der Waals surface area contributed by atoms with Gasteiger partial charge in [0.1, 0.15) is 5.82 Å². The maximum Gasteiger partial charge on any atom is 0.419 e. The van der Waals surface area contributed by atoms with Crippen LogP contribution in [0.25, 0.3) is 11.5 Å². The monoisotopic (exact) mass is 530 g/mol. The predicted octanol–water partition coefficient (Wildman–Crippen LogP) is 6.15. The number of carbonyl (C=O) groups is 1. The lowest BCUT2D eigenvalue weighted by Gasteiger charge is -2.36. The van der Waals surface area contributed by atoms with Gasteiger partial charge in [-0.1, -0.05) is 11.2 Å². The third-order valence-electron chi connectivity index (χ3n) is 6.17. The van der Waals surface area contributed by atoms with Crippen LogP contribution in [0.3, 0.4) is 0 Å². The first kappa shape index (κ1) is 26.6. The van der Waals surface area contributed by atoms with Gasteiger partial charge in [0.05, 0.1) is 17.7 Å². The Hall–Kier alpha value is -3.48. The zero-order valence-electron chi connectivity index (χ0n) is 19.3. The first-order valence-corrected chi connectivity index (χ1v) is 11.2. The first-order valence-electron chi connectivity index (χ1n) is 11.2. The quantitative estimate of drug-likeness (QED) is 0.401. The van der Waals surface area contributed by atoms with E-state index in [1.54, 1.807) is 0 Å². The zero-order valence-corrected chi connectivity index (χ0v) is 19.3. The number of alkyl halides is 6. The van der Waals surface area contributed by atoms with E-state index in [-0.39, 0.29) is 41.5 Å². The van der Waals surface area contributed by atoms with Crippen LogP contribution in [0.2, 0.25) is 0 Å². The van der Waals surface area contributed by atoms with Crippen LogP contribution in [-0.2, 0) is 23.7 Å². The highest BCUT2D eigenvalue weighted by Gasteiger charge is 2.35. The van der Waals surface area contributed by atoms with Gasteiger partial charge in [-0.2, -0.15) is 31.3 Å². The summed E-state index contributed by atoms with van der Waals surface area (Å²) in [4.78, 5) is 18.7. The topological polar surface area (TPSA) is 71.3 Å². The van der Waals surface area contributed by atoms with Gasteiger partial charge in [0, 0.05) is 23.2 Å². The maximum absolute atomic E-state index is 13.5. The fourth-order valence-corrected chi connectivity index (χ4v) is 4.20. The molecule has 0 radical (unpaired) electrons. The number of piperidine rings is 1. The largest absolute Gasteiger partial charge is 0.419 e. The van der Waals surface area contributed by atoms with E-state index >= 15 is 0 Å². The molecule has 2 atom stereocenters. The Bertz CT molecular complexity index is 1270. The summed E-state index contributed by atoms with van der Waals surface area (Å²) in [5.74, 6) is -2.22. The molecular formula is C24H21F7N4O2. The number of carbonyl (C=O) groups excluding carboxylic acids is 1. The molecule has 0 saturated carbocycles. The van der Waals surface area contributed by atoms with Gasteiger partial charge in [-0.3, -0.25) is 9.69 Å². The molecular weight excluding hydrogens is 509 g/mol. The summed E-state index contributed by atoms with van der Waals surface area (Å²) >= 11 is 0. The van der Waals surface area contributed by atoms with Crippen LogP contribution in [0.4, 0.5) is 36.4 Å². The number of anilines is 1. The highest BCUT2D eigenvalue weighted by molar-refractivity contribution is 5.92. The summed E-state index contributed by atoms with van der Waals surface area (Å²) < 4.78 is 96.3. The van der Waals surface area contributed by atoms with E-state index in [0.717, 1.165) is 18.2 Å². The lowest BCUT2D eigenvalue weighted by atomic mass is 9.90.